The molecule has 0 saturated carbocycles. The zero-order valence-electron chi connectivity index (χ0n) is 22.4. The number of likely N-dealkylation sites (tertiary alicyclic amines) is 1. The zero-order valence-corrected chi connectivity index (χ0v) is 24.8. The summed E-state index contributed by atoms with van der Waals surface area (Å²) in [6, 6.07) is 21.8. The first-order chi connectivity index (χ1) is 17.6. The van der Waals surface area contributed by atoms with Gasteiger partial charge in [0.2, 0.25) is 0 Å². The molecule has 2 aliphatic heterocycles. The molecule has 0 bridgehead atoms. The van der Waals surface area contributed by atoms with Crippen LogP contribution in [-0.4, -0.2) is 31.1 Å². The highest BCUT2D eigenvalue weighted by molar-refractivity contribution is 6.30. The van der Waals surface area contributed by atoms with Crippen LogP contribution in [0.4, 0.5) is 0 Å². The van der Waals surface area contributed by atoms with Crippen LogP contribution in [0.5, 0.6) is 5.75 Å². The predicted molar refractivity (Wildman–Crippen MR) is 165 cm³/mol. The lowest BCUT2D eigenvalue weighted by molar-refractivity contribution is 0.157. The highest BCUT2D eigenvalue weighted by Crippen LogP contribution is 2.30. The van der Waals surface area contributed by atoms with Gasteiger partial charge in [0.25, 0.3) is 0 Å². The molecule has 38 heavy (non-hydrogen) atoms. The molecule has 3 nitrogen and oxygen atoms in total. The first-order valence-electron chi connectivity index (χ1n) is 13.6. The van der Waals surface area contributed by atoms with Crippen LogP contribution in [0.25, 0.3) is 0 Å². The lowest BCUT2D eigenvalue weighted by Gasteiger charge is -2.32. The maximum Gasteiger partial charge on any atom is 0.123 e. The average Bonchev–Trinajstić information content (AvgIpc) is 3.13. The summed E-state index contributed by atoms with van der Waals surface area (Å²) in [6.45, 7) is 8.40. The van der Waals surface area contributed by atoms with Gasteiger partial charge in [0.15, 0.2) is 0 Å². The van der Waals surface area contributed by atoms with E-state index in [0.29, 0.717) is 0 Å². The summed E-state index contributed by atoms with van der Waals surface area (Å²) >= 11 is 6.04. The van der Waals surface area contributed by atoms with Crippen molar-refractivity contribution in [3.63, 3.8) is 0 Å². The van der Waals surface area contributed by atoms with E-state index in [1.165, 1.54) is 52.6 Å². The van der Waals surface area contributed by atoms with Crippen LogP contribution in [0.1, 0.15) is 59.1 Å². The number of ether oxygens (including phenoxy) is 1. The van der Waals surface area contributed by atoms with Gasteiger partial charge in [-0.2, -0.15) is 0 Å². The van der Waals surface area contributed by atoms with Crippen molar-refractivity contribution < 1.29 is 4.74 Å². The van der Waals surface area contributed by atoms with Crippen LogP contribution in [0.2, 0.25) is 5.02 Å². The minimum Gasteiger partial charge on any atom is -0.493 e. The van der Waals surface area contributed by atoms with E-state index in [1.807, 2.05) is 12.1 Å². The molecule has 0 amide bonds. The lowest BCUT2D eigenvalue weighted by Crippen LogP contribution is -2.33. The number of halogens is 3. The fourth-order valence-corrected chi connectivity index (χ4v) is 5.77. The number of fused-ring (bicyclic) bond motifs is 1. The highest BCUT2D eigenvalue weighted by atomic mass is 35.5. The Bertz CT molecular complexity index is 1140. The third-order valence-electron chi connectivity index (χ3n) is 7.95. The minimum absolute atomic E-state index is 0. The molecule has 1 N–H and O–H groups in total. The maximum absolute atomic E-state index is 6.54. The van der Waals surface area contributed by atoms with Gasteiger partial charge in [-0.05, 0) is 116 Å². The first kappa shape index (κ1) is 30.8. The molecule has 1 fully saturated rings. The van der Waals surface area contributed by atoms with Gasteiger partial charge in [-0.1, -0.05) is 54.1 Å². The Labute approximate surface area is 246 Å². The molecule has 206 valence electrons. The average molecular weight is 576 g/mol. The van der Waals surface area contributed by atoms with Crippen molar-refractivity contribution in [2.75, 3.05) is 26.2 Å². The Morgan fingerprint density at radius 1 is 0.947 bits per heavy atom. The first-order valence-corrected chi connectivity index (χ1v) is 14.0. The molecule has 0 atom stereocenters. The number of nitrogens with one attached hydrogen (secondary N) is 1. The molecule has 1 saturated heterocycles. The smallest absolute Gasteiger partial charge is 0.123 e. The van der Waals surface area contributed by atoms with E-state index in [4.69, 9.17) is 16.3 Å². The fourth-order valence-electron chi connectivity index (χ4n) is 5.64. The number of benzene rings is 3. The Morgan fingerprint density at radius 2 is 1.71 bits per heavy atom. The van der Waals surface area contributed by atoms with Gasteiger partial charge in [0.05, 0.1) is 6.61 Å². The molecule has 2 heterocycles. The topological polar surface area (TPSA) is 24.5 Å². The summed E-state index contributed by atoms with van der Waals surface area (Å²) in [5.41, 5.74) is 8.32. The highest BCUT2D eigenvalue weighted by Gasteiger charge is 2.20. The largest absolute Gasteiger partial charge is 0.493 e. The summed E-state index contributed by atoms with van der Waals surface area (Å²) in [6.07, 6.45) is 6.92. The summed E-state index contributed by atoms with van der Waals surface area (Å²) < 4.78 is 6.54. The van der Waals surface area contributed by atoms with Gasteiger partial charge in [-0.15, -0.1) is 24.8 Å². The van der Waals surface area contributed by atoms with Crippen molar-refractivity contribution in [2.24, 2.45) is 5.92 Å². The van der Waals surface area contributed by atoms with Gasteiger partial charge < -0.3 is 10.1 Å². The number of hydrogen-bond donors (Lipinski definition) is 1. The molecular weight excluding hydrogens is 535 g/mol. The molecule has 6 heteroatoms. The van der Waals surface area contributed by atoms with E-state index in [1.54, 1.807) is 0 Å². The molecule has 5 rings (SSSR count). The summed E-state index contributed by atoms with van der Waals surface area (Å²) in [5, 5.41) is 4.38. The number of piperidine rings is 1. The number of rotatable bonds is 8. The van der Waals surface area contributed by atoms with Crippen LogP contribution < -0.4 is 10.1 Å². The number of hydrogen-bond acceptors (Lipinski definition) is 3. The quantitative estimate of drug-likeness (QED) is 0.297. The maximum atomic E-state index is 6.54. The normalized spacial score (nSPS) is 16.1. The molecule has 3 aromatic carbocycles. The van der Waals surface area contributed by atoms with E-state index < -0.39 is 0 Å². The molecule has 0 aromatic heterocycles. The Balaban J connectivity index is 0.00000200. The number of aryl methyl sites for hydroxylation is 2. The van der Waals surface area contributed by atoms with Crippen molar-refractivity contribution in [2.45, 2.75) is 58.5 Å². The molecule has 2 aliphatic rings. The Hall–Kier alpha value is -1.75. The monoisotopic (exact) mass is 574 g/mol. The van der Waals surface area contributed by atoms with E-state index in [-0.39, 0.29) is 24.8 Å². The molecule has 3 aromatic rings. The van der Waals surface area contributed by atoms with E-state index in [2.05, 4.69) is 65.7 Å². The summed E-state index contributed by atoms with van der Waals surface area (Å²) in [5.74, 6) is 1.83. The van der Waals surface area contributed by atoms with Crippen LogP contribution in [0, 0.1) is 12.8 Å². The van der Waals surface area contributed by atoms with Crippen LogP contribution in [0.15, 0.2) is 60.7 Å². The third-order valence-corrected chi connectivity index (χ3v) is 8.20. The van der Waals surface area contributed by atoms with Gasteiger partial charge >= 0.3 is 0 Å². The molecule has 0 spiro atoms. The van der Waals surface area contributed by atoms with Gasteiger partial charge in [-0.3, -0.25) is 4.90 Å². The SMILES string of the molecule is Cc1ccccc1Cc1cc2c(cc1OCCC1CCN(Cc3ccc(Cl)cc3)CC1)CNCCC2.Cl.Cl. The molecule has 0 unspecified atom stereocenters. The number of nitrogens with zero attached hydrogens (tertiary/aromatic N) is 1. The summed E-state index contributed by atoms with van der Waals surface area (Å²) in [4.78, 5) is 2.57. The standard InChI is InChI=1S/C32H39ClN2O.2ClH/c1-24-5-2-3-6-27(24)19-29-20-28-7-4-15-34-22-30(28)21-32(29)36-18-14-25-12-16-35(17-13-25)23-26-8-10-31(33)11-9-26;;/h2-3,5-6,8-11,20-21,25,34H,4,7,12-19,22-23H2,1H3;2*1H. The van der Waals surface area contributed by atoms with Crippen molar-refractivity contribution >= 4 is 36.4 Å². The molecule has 0 radical (unpaired) electrons. The lowest BCUT2D eigenvalue weighted by atomic mass is 9.93. The van der Waals surface area contributed by atoms with E-state index in [0.717, 1.165) is 75.3 Å². The molecular formula is C32H41Cl3N2O. The summed E-state index contributed by atoms with van der Waals surface area (Å²) in [7, 11) is 0. The van der Waals surface area contributed by atoms with Gasteiger partial charge in [0.1, 0.15) is 5.75 Å². The van der Waals surface area contributed by atoms with Gasteiger partial charge in [-0.25, -0.2) is 0 Å². The molecule has 0 aliphatic carbocycles. The van der Waals surface area contributed by atoms with Crippen molar-refractivity contribution in [1.29, 1.82) is 0 Å². The predicted octanol–water partition coefficient (Wildman–Crippen LogP) is 7.80. The van der Waals surface area contributed by atoms with Crippen LogP contribution in [0.3, 0.4) is 0 Å². The van der Waals surface area contributed by atoms with Crippen LogP contribution in [-0.2, 0) is 25.9 Å². The Morgan fingerprint density at radius 3 is 2.47 bits per heavy atom. The van der Waals surface area contributed by atoms with E-state index in [9.17, 15) is 0 Å². The van der Waals surface area contributed by atoms with E-state index >= 15 is 0 Å². The third kappa shape index (κ3) is 8.37. The zero-order chi connectivity index (χ0) is 24.7. The van der Waals surface area contributed by atoms with Crippen molar-refractivity contribution in [1.82, 2.24) is 10.2 Å². The van der Waals surface area contributed by atoms with Gasteiger partial charge in [0, 0.05) is 24.5 Å². The fraction of sp³-hybridized carbons (Fsp3) is 0.438. The van der Waals surface area contributed by atoms with Crippen molar-refractivity contribution in [3.05, 3.63) is 99.1 Å². The Kier molecular flexibility index (Phi) is 12.3. The minimum atomic E-state index is 0. The van der Waals surface area contributed by atoms with Crippen molar-refractivity contribution in [3.8, 4) is 5.75 Å². The second-order valence-corrected chi connectivity index (χ2v) is 11.0. The second-order valence-electron chi connectivity index (χ2n) is 10.6. The van der Waals surface area contributed by atoms with Crippen LogP contribution >= 0.6 is 36.4 Å². The second kappa shape index (κ2) is 15.1.